The molecule has 7 heteroatoms. The number of sulfonamides is 1. The van der Waals surface area contributed by atoms with Crippen LogP contribution in [0.4, 0.5) is 0 Å². The van der Waals surface area contributed by atoms with Gasteiger partial charge in [0.25, 0.3) is 0 Å². The molecule has 1 amide bonds. The molecule has 0 fully saturated rings. The summed E-state index contributed by atoms with van der Waals surface area (Å²) >= 11 is 0. The van der Waals surface area contributed by atoms with Crippen LogP contribution in [0.2, 0.25) is 0 Å². The highest BCUT2D eigenvalue weighted by Gasteiger charge is 2.29. The first-order chi connectivity index (χ1) is 13.8. The molecule has 0 saturated heterocycles. The van der Waals surface area contributed by atoms with Gasteiger partial charge in [0, 0.05) is 26.8 Å². The van der Waals surface area contributed by atoms with E-state index in [0.29, 0.717) is 30.7 Å². The first kappa shape index (κ1) is 23.1. The molecule has 0 unspecified atom stereocenters. The van der Waals surface area contributed by atoms with Gasteiger partial charge in [0.1, 0.15) is 0 Å². The van der Waals surface area contributed by atoms with E-state index in [2.05, 4.69) is 5.32 Å². The highest BCUT2D eigenvalue weighted by atomic mass is 32.2. The average Bonchev–Trinajstić information content (AvgIpc) is 2.64. The van der Waals surface area contributed by atoms with Crippen LogP contribution in [0, 0.1) is 20.8 Å². The van der Waals surface area contributed by atoms with Gasteiger partial charge in [0.05, 0.1) is 11.4 Å². The second-order valence-corrected chi connectivity index (χ2v) is 9.06. The maximum Gasteiger partial charge on any atom is 0.244 e. The molecule has 0 saturated carbocycles. The van der Waals surface area contributed by atoms with Crippen LogP contribution < -0.4 is 5.32 Å². The van der Waals surface area contributed by atoms with Crippen LogP contribution in [-0.4, -0.2) is 45.4 Å². The van der Waals surface area contributed by atoms with Gasteiger partial charge in [-0.25, -0.2) is 8.42 Å². The fourth-order valence-corrected chi connectivity index (χ4v) is 5.17. The number of rotatable bonds is 10. The third-order valence-corrected chi connectivity index (χ3v) is 6.67. The molecule has 29 heavy (non-hydrogen) atoms. The van der Waals surface area contributed by atoms with E-state index in [0.717, 1.165) is 11.1 Å². The summed E-state index contributed by atoms with van der Waals surface area (Å²) < 4.78 is 33.3. The summed E-state index contributed by atoms with van der Waals surface area (Å²) in [6.07, 6.45) is 0.670. The van der Waals surface area contributed by atoms with E-state index in [1.165, 1.54) is 4.31 Å². The number of benzene rings is 2. The Hall–Kier alpha value is -2.22. The van der Waals surface area contributed by atoms with Crippen molar-refractivity contribution in [2.45, 2.75) is 38.6 Å². The molecule has 0 bridgehead atoms. The molecule has 158 valence electrons. The summed E-state index contributed by atoms with van der Waals surface area (Å²) in [5.41, 5.74) is 3.19. The number of ether oxygens (including phenoxy) is 1. The standard InChI is InChI=1S/C22H30N2O4S/c1-17-13-18(2)22(19(3)14-17)29(26,27)24(15-20-9-6-5-7-10-20)16-21(25)23-11-8-12-28-4/h5-7,9-10,13-14H,8,11-12,15-16H2,1-4H3,(H,23,25). The summed E-state index contributed by atoms with van der Waals surface area (Å²) in [6.45, 7) is 6.38. The van der Waals surface area contributed by atoms with E-state index in [1.54, 1.807) is 21.0 Å². The Morgan fingerprint density at radius 2 is 1.69 bits per heavy atom. The van der Waals surface area contributed by atoms with Crippen LogP contribution in [0.15, 0.2) is 47.4 Å². The van der Waals surface area contributed by atoms with Gasteiger partial charge in [0.15, 0.2) is 0 Å². The van der Waals surface area contributed by atoms with Crippen molar-refractivity contribution >= 4 is 15.9 Å². The number of methoxy groups -OCH3 is 1. The molecule has 0 aromatic heterocycles. The summed E-state index contributed by atoms with van der Waals surface area (Å²) in [5.74, 6) is -0.331. The zero-order chi connectivity index (χ0) is 21.4. The van der Waals surface area contributed by atoms with Crippen LogP contribution in [0.5, 0.6) is 0 Å². The van der Waals surface area contributed by atoms with Crippen molar-refractivity contribution in [2.24, 2.45) is 0 Å². The SMILES string of the molecule is COCCCNC(=O)CN(Cc1ccccc1)S(=O)(=O)c1c(C)cc(C)cc1C. The average molecular weight is 419 g/mol. The second kappa shape index (κ2) is 10.5. The summed E-state index contributed by atoms with van der Waals surface area (Å²) in [6, 6.07) is 13.0. The topological polar surface area (TPSA) is 75.7 Å². The number of amides is 1. The zero-order valence-electron chi connectivity index (χ0n) is 17.6. The fraction of sp³-hybridized carbons (Fsp3) is 0.409. The number of nitrogens with one attached hydrogen (secondary N) is 1. The number of hydrogen-bond donors (Lipinski definition) is 1. The fourth-order valence-electron chi connectivity index (χ4n) is 3.38. The lowest BCUT2D eigenvalue weighted by molar-refractivity contribution is -0.121. The molecular formula is C22H30N2O4S. The van der Waals surface area contributed by atoms with Crippen molar-refractivity contribution in [2.75, 3.05) is 26.8 Å². The van der Waals surface area contributed by atoms with Crippen LogP contribution in [0.3, 0.4) is 0 Å². The van der Waals surface area contributed by atoms with Crippen LogP contribution >= 0.6 is 0 Å². The molecule has 0 aliphatic carbocycles. The first-order valence-electron chi connectivity index (χ1n) is 9.63. The van der Waals surface area contributed by atoms with Gasteiger partial charge in [0.2, 0.25) is 15.9 Å². The summed E-state index contributed by atoms with van der Waals surface area (Å²) in [4.78, 5) is 12.7. The predicted octanol–water partition coefficient (Wildman–Crippen LogP) is 2.96. The minimum absolute atomic E-state index is 0.126. The summed E-state index contributed by atoms with van der Waals surface area (Å²) in [7, 11) is -2.26. The third kappa shape index (κ3) is 6.39. The smallest absolute Gasteiger partial charge is 0.244 e. The van der Waals surface area contributed by atoms with Gasteiger partial charge in [-0.3, -0.25) is 4.79 Å². The van der Waals surface area contributed by atoms with Crippen molar-refractivity contribution in [3.63, 3.8) is 0 Å². The lowest BCUT2D eigenvalue weighted by atomic mass is 10.1. The van der Waals surface area contributed by atoms with Crippen molar-refractivity contribution < 1.29 is 17.9 Å². The van der Waals surface area contributed by atoms with E-state index < -0.39 is 10.0 Å². The molecule has 2 aromatic rings. The highest BCUT2D eigenvalue weighted by molar-refractivity contribution is 7.89. The van der Waals surface area contributed by atoms with E-state index in [1.807, 2.05) is 49.4 Å². The number of hydrogen-bond acceptors (Lipinski definition) is 4. The molecular weight excluding hydrogens is 388 g/mol. The molecule has 6 nitrogen and oxygen atoms in total. The summed E-state index contributed by atoms with van der Waals surface area (Å²) in [5, 5.41) is 2.77. The molecule has 0 radical (unpaired) electrons. The number of nitrogens with zero attached hydrogens (tertiary/aromatic N) is 1. The molecule has 0 heterocycles. The second-order valence-electron chi connectivity index (χ2n) is 7.18. The monoisotopic (exact) mass is 418 g/mol. The maximum atomic E-state index is 13.5. The van der Waals surface area contributed by atoms with Gasteiger partial charge in [-0.1, -0.05) is 48.0 Å². The predicted molar refractivity (Wildman–Crippen MR) is 114 cm³/mol. The van der Waals surface area contributed by atoms with Crippen molar-refractivity contribution in [1.82, 2.24) is 9.62 Å². The Balaban J connectivity index is 2.32. The Kier molecular flexibility index (Phi) is 8.37. The van der Waals surface area contributed by atoms with Gasteiger partial charge in [-0.15, -0.1) is 0 Å². The quantitative estimate of drug-likeness (QED) is 0.602. The minimum Gasteiger partial charge on any atom is -0.385 e. The molecule has 0 aliphatic rings. The molecule has 0 spiro atoms. The van der Waals surface area contributed by atoms with E-state index in [-0.39, 0.29) is 23.9 Å². The Morgan fingerprint density at radius 1 is 1.07 bits per heavy atom. The van der Waals surface area contributed by atoms with Crippen molar-refractivity contribution in [3.05, 3.63) is 64.7 Å². The van der Waals surface area contributed by atoms with Crippen LogP contribution in [0.1, 0.15) is 28.7 Å². The molecule has 0 aliphatic heterocycles. The van der Waals surface area contributed by atoms with Gasteiger partial charge < -0.3 is 10.1 Å². The molecule has 1 N–H and O–H groups in total. The largest absolute Gasteiger partial charge is 0.385 e. The normalized spacial score (nSPS) is 11.6. The Morgan fingerprint density at radius 3 is 2.28 bits per heavy atom. The first-order valence-corrected chi connectivity index (χ1v) is 11.1. The lowest BCUT2D eigenvalue weighted by Crippen LogP contribution is -2.41. The maximum absolute atomic E-state index is 13.5. The van der Waals surface area contributed by atoms with E-state index in [4.69, 9.17) is 4.74 Å². The van der Waals surface area contributed by atoms with E-state index >= 15 is 0 Å². The van der Waals surface area contributed by atoms with Gasteiger partial charge in [-0.2, -0.15) is 4.31 Å². The molecule has 0 atom stereocenters. The van der Waals surface area contributed by atoms with Crippen molar-refractivity contribution in [3.8, 4) is 0 Å². The van der Waals surface area contributed by atoms with Crippen molar-refractivity contribution in [1.29, 1.82) is 0 Å². The number of carbonyl (C=O) groups excluding carboxylic acids is 1. The highest BCUT2D eigenvalue weighted by Crippen LogP contribution is 2.26. The molecule has 2 rings (SSSR count). The Labute approximate surface area is 173 Å². The Bertz CT molecular complexity index is 904. The lowest BCUT2D eigenvalue weighted by Gasteiger charge is -2.24. The number of carbonyl (C=O) groups is 1. The van der Waals surface area contributed by atoms with Gasteiger partial charge >= 0.3 is 0 Å². The van der Waals surface area contributed by atoms with Gasteiger partial charge in [-0.05, 0) is 43.9 Å². The van der Waals surface area contributed by atoms with Crippen LogP contribution in [0.25, 0.3) is 0 Å². The number of aryl methyl sites for hydroxylation is 3. The zero-order valence-corrected chi connectivity index (χ0v) is 18.4. The van der Waals surface area contributed by atoms with Crippen LogP contribution in [-0.2, 0) is 26.1 Å². The molecule has 2 aromatic carbocycles. The van der Waals surface area contributed by atoms with E-state index in [9.17, 15) is 13.2 Å². The third-order valence-electron chi connectivity index (χ3n) is 4.57. The minimum atomic E-state index is -3.86.